The Balaban J connectivity index is 2.45. The lowest BCUT2D eigenvalue weighted by Crippen LogP contribution is -2.04. The summed E-state index contributed by atoms with van der Waals surface area (Å²) in [7, 11) is 1.67. The molecule has 0 aliphatic heterocycles. The number of nitrogens with one attached hydrogen (secondary N) is 1. The molecule has 3 N–H and O–H groups in total. The maximum absolute atomic E-state index is 5.56. The third-order valence-corrected chi connectivity index (χ3v) is 2.51. The summed E-state index contributed by atoms with van der Waals surface area (Å²) in [5, 5.41) is 7.03. The summed E-state index contributed by atoms with van der Waals surface area (Å²) in [6.45, 7) is 0.602. The van der Waals surface area contributed by atoms with Gasteiger partial charge in [0.25, 0.3) is 0 Å². The van der Waals surface area contributed by atoms with Crippen LogP contribution in [0.3, 0.4) is 0 Å². The highest BCUT2D eigenvalue weighted by Crippen LogP contribution is 2.31. The third-order valence-electron chi connectivity index (χ3n) is 2.51. The minimum absolute atomic E-state index is 0.602. The lowest BCUT2D eigenvalue weighted by Gasteiger charge is -2.07. The maximum atomic E-state index is 5.56. The Morgan fingerprint density at radius 2 is 2.12 bits per heavy atom. The highest BCUT2D eigenvalue weighted by Gasteiger charge is 2.10. The maximum Gasteiger partial charge on any atom is 0.126 e. The second-order valence-electron chi connectivity index (χ2n) is 3.50. The van der Waals surface area contributed by atoms with Crippen molar-refractivity contribution in [2.75, 3.05) is 13.7 Å². The summed E-state index contributed by atoms with van der Waals surface area (Å²) in [5.41, 5.74) is 8.71. The third kappa shape index (κ3) is 1.92. The number of rotatable bonds is 4. The monoisotopic (exact) mass is 217 g/mol. The highest BCUT2D eigenvalue weighted by atomic mass is 16.5. The first-order valence-electron chi connectivity index (χ1n) is 5.22. The van der Waals surface area contributed by atoms with E-state index in [9.17, 15) is 0 Å². The van der Waals surface area contributed by atoms with Gasteiger partial charge < -0.3 is 10.5 Å². The Morgan fingerprint density at radius 3 is 2.88 bits per heavy atom. The van der Waals surface area contributed by atoms with Gasteiger partial charge in [0.15, 0.2) is 0 Å². The average molecular weight is 217 g/mol. The first-order chi connectivity index (χ1) is 7.86. The fourth-order valence-corrected chi connectivity index (χ4v) is 1.75. The number of nitrogens with two attached hydrogens (primary N) is 1. The van der Waals surface area contributed by atoms with E-state index in [4.69, 9.17) is 10.5 Å². The molecular formula is C12H15N3O. The summed E-state index contributed by atoms with van der Waals surface area (Å²) >= 11 is 0. The number of hydrogen-bond acceptors (Lipinski definition) is 3. The molecule has 0 bridgehead atoms. The Hall–Kier alpha value is -1.81. The number of aromatic amines is 1. The molecule has 0 spiro atoms. The zero-order valence-corrected chi connectivity index (χ0v) is 9.23. The zero-order valence-electron chi connectivity index (χ0n) is 9.23. The fraction of sp³-hybridized carbons (Fsp3) is 0.250. The molecule has 0 amide bonds. The summed E-state index contributed by atoms with van der Waals surface area (Å²) < 4.78 is 5.33. The van der Waals surface area contributed by atoms with Crippen molar-refractivity contribution in [1.29, 1.82) is 0 Å². The number of ether oxygens (including phenoxy) is 1. The molecule has 0 fully saturated rings. The molecule has 0 atom stereocenters. The van der Waals surface area contributed by atoms with Crippen LogP contribution in [0.5, 0.6) is 5.75 Å². The van der Waals surface area contributed by atoms with Crippen LogP contribution in [0, 0.1) is 0 Å². The molecular weight excluding hydrogens is 202 g/mol. The number of para-hydroxylation sites is 1. The van der Waals surface area contributed by atoms with Crippen LogP contribution in [0.4, 0.5) is 0 Å². The van der Waals surface area contributed by atoms with E-state index in [-0.39, 0.29) is 0 Å². The topological polar surface area (TPSA) is 63.9 Å². The SMILES string of the molecule is COc1ccccc1-c1cn[nH]c1CCN. The quantitative estimate of drug-likeness (QED) is 0.817. The van der Waals surface area contributed by atoms with Crippen molar-refractivity contribution in [3.8, 4) is 16.9 Å². The van der Waals surface area contributed by atoms with E-state index >= 15 is 0 Å². The van der Waals surface area contributed by atoms with Crippen LogP contribution >= 0.6 is 0 Å². The minimum Gasteiger partial charge on any atom is -0.496 e. The lowest BCUT2D eigenvalue weighted by atomic mass is 10.0. The minimum atomic E-state index is 0.602. The van der Waals surface area contributed by atoms with E-state index in [1.807, 2.05) is 30.5 Å². The summed E-state index contributed by atoms with van der Waals surface area (Å²) in [4.78, 5) is 0. The van der Waals surface area contributed by atoms with E-state index in [1.165, 1.54) is 0 Å². The highest BCUT2D eigenvalue weighted by molar-refractivity contribution is 5.71. The van der Waals surface area contributed by atoms with Crippen LogP contribution in [0.25, 0.3) is 11.1 Å². The van der Waals surface area contributed by atoms with Crippen molar-refractivity contribution in [3.63, 3.8) is 0 Å². The van der Waals surface area contributed by atoms with Gasteiger partial charge in [0.2, 0.25) is 0 Å². The second-order valence-corrected chi connectivity index (χ2v) is 3.50. The van der Waals surface area contributed by atoms with Crippen LogP contribution < -0.4 is 10.5 Å². The molecule has 84 valence electrons. The normalized spacial score (nSPS) is 10.4. The van der Waals surface area contributed by atoms with Crippen molar-refractivity contribution >= 4 is 0 Å². The van der Waals surface area contributed by atoms with Crippen LogP contribution in [-0.4, -0.2) is 23.9 Å². The van der Waals surface area contributed by atoms with Crippen LogP contribution in [0.2, 0.25) is 0 Å². The van der Waals surface area contributed by atoms with Gasteiger partial charge in [0, 0.05) is 23.2 Å². The van der Waals surface area contributed by atoms with Gasteiger partial charge >= 0.3 is 0 Å². The van der Waals surface area contributed by atoms with Crippen molar-refractivity contribution in [2.45, 2.75) is 6.42 Å². The Labute approximate surface area is 94.4 Å². The van der Waals surface area contributed by atoms with Gasteiger partial charge in [0.1, 0.15) is 5.75 Å². The molecule has 0 radical (unpaired) electrons. The molecule has 4 heteroatoms. The number of benzene rings is 1. The molecule has 1 aromatic heterocycles. The predicted molar refractivity (Wildman–Crippen MR) is 63.3 cm³/mol. The molecule has 1 aromatic carbocycles. The van der Waals surface area contributed by atoms with Gasteiger partial charge in [-0.3, -0.25) is 5.10 Å². The molecule has 0 aliphatic rings. The number of hydrogen-bond donors (Lipinski definition) is 2. The smallest absolute Gasteiger partial charge is 0.126 e. The van der Waals surface area contributed by atoms with E-state index in [1.54, 1.807) is 7.11 Å². The van der Waals surface area contributed by atoms with Gasteiger partial charge in [-0.2, -0.15) is 5.10 Å². The molecule has 16 heavy (non-hydrogen) atoms. The number of aromatic nitrogens is 2. The van der Waals surface area contributed by atoms with E-state index in [2.05, 4.69) is 10.2 Å². The Bertz CT molecular complexity index is 465. The van der Waals surface area contributed by atoms with Gasteiger partial charge in [0.05, 0.1) is 13.3 Å². The Kier molecular flexibility index (Phi) is 3.22. The molecule has 2 rings (SSSR count). The molecule has 0 saturated carbocycles. The molecule has 0 unspecified atom stereocenters. The first-order valence-corrected chi connectivity index (χ1v) is 5.22. The number of nitrogens with zero attached hydrogens (tertiary/aromatic N) is 1. The van der Waals surface area contributed by atoms with Crippen LogP contribution in [0.1, 0.15) is 5.69 Å². The average Bonchev–Trinajstić information content (AvgIpc) is 2.77. The zero-order chi connectivity index (χ0) is 11.4. The van der Waals surface area contributed by atoms with Crippen LogP contribution in [0.15, 0.2) is 30.5 Å². The van der Waals surface area contributed by atoms with Gasteiger partial charge in [-0.1, -0.05) is 18.2 Å². The van der Waals surface area contributed by atoms with Crippen molar-refractivity contribution in [1.82, 2.24) is 10.2 Å². The van der Waals surface area contributed by atoms with Crippen molar-refractivity contribution < 1.29 is 4.74 Å². The van der Waals surface area contributed by atoms with Gasteiger partial charge in [-0.15, -0.1) is 0 Å². The van der Waals surface area contributed by atoms with Crippen molar-refractivity contribution in [3.05, 3.63) is 36.2 Å². The molecule has 4 nitrogen and oxygen atoms in total. The fourth-order valence-electron chi connectivity index (χ4n) is 1.75. The standard InChI is InChI=1S/C12H15N3O/c1-16-12-5-3-2-4-9(12)10-8-14-15-11(10)6-7-13/h2-5,8H,6-7,13H2,1H3,(H,14,15). The van der Waals surface area contributed by atoms with Crippen LogP contribution in [-0.2, 0) is 6.42 Å². The molecule has 2 aromatic rings. The predicted octanol–water partition coefficient (Wildman–Crippen LogP) is 1.59. The Morgan fingerprint density at radius 1 is 1.31 bits per heavy atom. The van der Waals surface area contributed by atoms with E-state index in [0.29, 0.717) is 6.54 Å². The van der Waals surface area contributed by atoms with Crippen molar-refractivity contribution in [2.24, 2.45) is 5.73 Å². The summed E-state index contributed by atoms with van der Waals surface area (Å²) in [5.74, 6) is 0.849. The second kappa shape index (κ2) is 4.81. The summed E-state index contributed by atoms with van der Waals surface area (Å²) in [6, 6.07) is 7.89. The van der Waals surface area contributed by atoms with Gasteiger partial charge in [-0.05, 0) is 12.6 Å². The number of methoxy groups -OCH3 is 1. The largest absolute Gasteiger partial charge is 0.496 e. The molecule has 0 aliphatic carbocycles. The number of H-pyrrole nitrogens is 1. The molecule has 0 saturated heterocycles. The first kappa shape index (κ1) is 10.7. The van der Waals surface area contributed by atoms with E-state index in [0.717, 1.165) is 29.0 Å². The molecule has 1 heterocycles. The van der Waals surface area contributed by atoms with E-state index < -0.39 is 0 Å². The lowest BCUT2D eigenvalue weighted by molar-refractivity contribution is 0.416. The summed E-state index contributed by atoms with van der Waals surface area (Å²) in [6.07, 6.45) is 2.59. The van der Waals surface area contributed by atoms with Gasteiger partial charge in [-0.25, -0.2) is 0 Å².